The van der Waals surface area contributed by atoms with Crippen LogP contribution in [0.2, 0.25) is 0 Å². The van der Waals surface area contributed by atoms with Crippen LogP contribution in [0.25, 0.3) is 0 Å². The van der Waals surface area contributed by atoms with E-state index < -0.39 is 0 Å². The van der Waals surface area contributed by atoms with Crippen LogP contribution in [0.5, 0.6) is 5.75 Å². The molecule has 106 valence electrons. The summed E-state index contributed by atoms with van der Waals surface area (Å²) in [6.07, 6.45) is 0.878. The number of hydrazine groups is 1. The molecule has 0 fully saturated rings. The maximum absolute atomic E-state index is 5.61. The zero-order chi connectivity index (χ0) is 14.2. The number of hydrogen-bond donors (Lipinski definition) is 3. The number of nitrogen functional groups attached to an aromatic ring is 1. The molecule has 0 aliphatic heterocycles. The Morgan fingerprint density at radius 1 is 1.20 bits per heavy atom. The molecule has 1 aromatic heterocycles. The molecule has 6 heteroatoms. The van der Waals surface area contributed by atoms with Crippen molar-refractivity contribution in [2.24, 2.45) is 5.84 Å². The van der Waals surface area contributed by atoms with Crippen LogP contribution in [-0.4, -0.2) is 23.1 Å². The number of aryl methyl sites for hydroxylation is 1. The number of para-hydroxylation sites is 1. The van der Waals surface area contributed by atoms with Gasteiger partial charge in [-0.2, -0.15) is 4.98 Å². The van der Waals surface area contributed by atoms with Crippen LogP contribution < -0.4 is 21.3 Å². The third-order valence-corrected chi connectivity index (χ3v) is 2.62. The maximum atomic E-state index is 5.61. The van der Waals surface area contributed by atoms with Crippen molar-refractivity contribution in [3.05, 3.63) is 42.1 Å². The monoisotopic (exact) mass is 273 g/mol. The summed E-state index contributed by atoms with van der Waals surface area (Å²) in [5.41, 5.74) is 3.30. The molecule has 0 saturated carbocycles. The van der Waals surface area contributed by atoms with Gasteiger partial charge in [0, 0.05) is 18.3 Å². The number of hydrogen-bond acceptors (Lipinski definition) is 6. The highest BCUT2D eigenvalue weighted by atomic mass is 16.5. The Balaban J connectivity index is 1.72. The molecule has 0 amide bonds. The lowest BCUT2D eigenvalue weighted by Gasteiger charge is -2.09. The average Bonchev–Trinajstić information content (AvgIpc) is 2.47. The van der Waals surface area contributed by atoms with Gasteiger partial charge < -0.3 is 10.1 Å². The maximum Gasteiger partial charge on any atom is 0.239 e. The van der Waals surface area contributed by atoms with Crippen LogP contribution in [-0.2, 0) is 0 Å². The summed E-state index contributed by atoms with van der Waals surface area (Å²) in [6.45, 7) is 3.32. The number of rotatable bonds is 7. The van der Waals surface area contributed by atoms with E-state index in [1.54, 1.807) is 0 Å². The molecule has 0 aliphatic carbocycles. The molecular formula is C14H19N5O. The first-order valence-electron chi connectivity index (χ1n) is 6.52. The topological polar surface area (TPSA) is 85.1 Å². The van der Waals surface area contributed by atoms with Gasteiger partial charge in [0.25, 0.3) is 0 Å². The summed E-state index contributed by atoms with van der Waals surface area (Å²) < 4.78 is 5.61. The fourth-order valence-electron chi connectivity index (χ4n) is 1.72. The van der Waals surface area contributed by atoms with Crippen LogP contribution in [0.15, 0.2) is 36.4 Å². The summed E-state index contributed by atoms with van der Waals surface area (Å²) in [7, 11) is 0. The standard InChI is InChI=1S/C14H19N5O/c1-11-10-13(18-14(17-11)19-15)16-8-5-9-20-12-6-3-2-4-7-12/h2-4,6-7,10H,5,8-9,15H2,1H3,(H2,16,17,18,19). The molecule has 2 aromatic rings. The molecule has 0 unspecified atom stereocenters. The van der Waals surface area contributed by atoms with Crippen molar-refractivity contribution in [2.45, 2.75) is 13.3 Å². The minimum Gasteiger partial charge on any atom is -0.494 e. The number of nitrogens with one attached hydrogen (secondary N) is 2. The van der Waals surface area contributed by atoms with Crippen molar-refractivity contribution in [3.63, 3.8) is 0 Å². The van der Waals surface area contributed by atoms with Gasteiger partial charge in [0.05, 0.1) is 6.61 Å². The van der Waals surface area contributed by atoms with E-state index >= 15 is 0 Å². The molecule has 6 nitrogen and oxygen atoms in total. The van der Waals surface area contributed by atoms with Crippen molar-refractivity contribution in [3.8, 4) is 5.75 Å². The van der Waals surface area contributed by atoms with Gasteiger partial charge in [0.2, 0.25) is 5.95 Å². The Morgan fingerprint density at radius 2 is 2.00 bits per heavy atom. The van der Waals surface area contributed by atoms with E-state index in [0.717, 1.165) is 30.2 Å². The fraction of sp³-hybridized carbons (Fsp3) is 0.286. The molecule has 1 aromatic carbocycles. The predicted octanol–water partition coefficient (Wildman–Crippen LogP) is 1.95. The molecule has 2 rings (SSSR count). The minimum absolute atomic E-state index is 0.410. The summed E-state index contributed by atoms with van der Waals surface area (Å²) in [6, 6.07) is 11.6. The lowest BCUT2D eigenvalue weighted by Crippen LogP contribution is -2.13. The number of benzene rings is 1. The highest BCUT2D eigenvalue weighted by molar-refractivity contribution is 5.41. The van der Waals surface area contributed by atoms with Crippen molar-refractivity contribution < 1.29 is 4.74 Å². The first-order valence-corrected chi connectivity index (χ1v) is 6.52. The van der Waals surface area contributed by atoms with Crippen molar-refractivity contribution in [1.29, 1.82) is 0 Å². The first-order chi connectivity index (χ1) is 9.78. The van der Waals surface area contributed by atoms with Gasteiger partial charge >= 0.3 is 0 Å². The summed E-state index contributed by atoms with van der Waals surface area (Å²) >= 11 is 0. The number of nitrogens with two attached hydrogens (primary N) is 1. The molecule has 0 radical (unpaired) electrons. The van der Waals surface area contributed by atoms with Gasteiger partial charge in [-0.15, -0.1) is 0 Å². The fourth-order valence-corrected chi connectivity index (χ4v) is 1.72. The third-order valence-electron chi connectivity index (χ3n) is 2.62. The van der Waals surface area contributed by atoms with Gasteiger partial charge in [-0.1, -0.05) is 18.2 Å². The second kappa shape index (κ2) is 7.30. The van der Waals surface area contributed by atoms with Crippen LogP contribution in [0.1, 0.15) is 12.1 Å². The smallest absolute Gasteiger partial charge is 0.239 e. The van der Waals surface area contributed by atoms with Crippen LogP contribution >= 0.6 is 0 Å². The van der Waals surface area contributed by atoms with Crippen LogP contribution in [0, 0.1) is 6.92 Å². The SMILES string of the molecule is Cc1cc(NCCCOc2ccccc2)nc(NN)n1. The highest BCUT2D eigenvalue weighted by Crippen LogP contribution is 2.10. The van der Waals surface area contributed by atoms with E-state index in [4.69, 9.17) is 10.6 Å². The lowest BCUT2D eigenvalue weighted by molar-refractivity contribution is 0.315. The molecule has 20 heavy (non-hydrogen) atoms. The van der Waals surface area contributed by atoms with Gasteiger partial charge in [-0.3, -0.25) is 5.43 Å². The van der Waals surface area contributed by atoms with Crippen LogP contribution in [0.3, 0.4) is 0 Å². The van der Waals surface area contributed by atoms with E-state index in [9.17, 15) is 0 Å². The van der Waals surface area contributed by atoms with Gasteiger partial charge in [0.15, 0.2) is 0 Å². The Bertz CT molecular complexity index is 532. The minimum atomic E-state index is 0.410. The molecule has 1 heterocycles. The van der Waals surface area contributed by atoms with Crippen molar-refractivity contribution >= 4 is 11.8 Å². The Hall–Kier alpha value is -2.34. The Morgan fingerprint density at radius 3 is 2.75 bits per heavy atom. The molecule has 0 bridgehead atoms. The summed E-state index contributed by atoms with van der Waals surface area (Å²) in [5.74, 6) is 7.36. The number of anilines is 2. The zero-order valence-electron chi connectivity index (χ0n) is 11.5. The van der Waals surface area contributed by atoms with E-state index in [-0.39, 0.29) is 0 Å². The normalized spacial score (nSPS) is 10.1. The van der Waals surface area contributed by atoms with Gasteiger partial charge in [-0.25, -0.2) is 10.8 Å². The number of aromatic nitrogens is 2. The van der Waals surface area contributed by atoms with E-state index in [1.165, 1.54) is 0 Å². The number of ether oxygens (including phenoxy) is 1. The average molecular weight is 273 g/mol. The lowest BCUT2D eigenvalue weighted by atomic mass is 10.3. The quantitative estimate of drug-likeness (QED) is 0.406. The van der Waals surface area contributed by atoms with E-state index in [0.29, 0.717) is 12.6 Å². The van der Waals surface area contributed by atoms with Crippen molar-refractivity contribution in [1.82, 2.24) is 9.97 Å². The van der Waals surface area contributed by atoms with E-state index in [1.807, 2.05) is 43.3 Å². The molecule has 0 spiro atoms. The number of nitrogens with zero attached hydrogens (tertiary/aromatic N) is 2. The predicted molar refractivity (Wildman–Crippen MR) is 79.6 cm³/mol. The van der Waals surface area contributed by atoms with Gasteiger partial charge in [0.1, 0.15) is 11.6 Å². The van der Waals surface area contributed by atoms with Crippen molar-refractivity contribution in [2.75, 3.05) is 23.9 Å². The molecule has 4 N–H and O–H groups in total. The zero-order valence-corrected chi connectivity index (χ0v) is 11.5. The van der Waals surface area contributed by atoms with E-state index in [2.05, 4.69) is 20.7 Å². The molecular weight excluding hydrogens is 254 g/mol. The summed E-state index contributed by atoms with van der Waals surface area (Å²) in [4.78, 5) is 8.33. The Kier molecular flexibility index (Phi) is 5.14. The third kappa shape index (κ3) is 4.40. The highest BCUT2D eigenvalue weighted by Gasteiger charge is 2.00. The van der Waals surface area contributed by atoms with Crippen LogP contribution in [0.4, 0.5) is 11.8 Å². The summed E-state index contributed by atoms with van der Waals surface area (Å²) in [5, 5.41) is 3.22. The first kappa shape index (κ1) is 14.1. The van der Waals surface area contributed by atoms with Gasteiger partial charge in [-0.05, 0) is 25.5 Å². The largest absolute Gasteiger partial charge is 0.494 e. The Labute approximate surface area is 118 Å². The molecule has 0 atom stereocenters. The molecule has 0 aliphatic rings. The second-order valence-corrected chi connectivity index (χ2v) is 4.30. The second-order valence-electron chi connectivity index (χ2n) is 4.30. The molecule has 0 saturated heterocycles.